The van der Waals surface area contributed by atoms with Gasteiger partial charge in [0.25, 0.3) is 0 Å². The smallest absolute Gasteiger partial charge is 0.116 e. The molecule has 0 spiro atoms. The van der Waals surface area contributed by atoms with Crippen LogP contribution in [0.5, 0.6) is 0 Å². The highest BCUT2D eigenvalue weighted by molar-refractivity contribution is 5.46. The maximum absolute atomic E-state index is 14.3. The Balaban J connectivity index is 1.80. The first-order valence-corrected chi connectivity index (χ1v) is 8.64. The van der Waals surface area contributed by atoms with E-state index in [1.807, 2.05) is 12.2 Å². The van der Waals surface area contributed by atoms with Crippen molar-refractivity contribution in [2.45, 2.75) is 57.5 Å². The highest BCUT2D eigenvalue weighted by Gasteiger charge is 2.59. The Morgan fingerprint density at radius 3 is 2.78 bits per heavy atom. The molecule has 3 nitrogen and oxygen atoms in total. The number of alkyl halides is 1. The normalized spacial score (nSPS) is 54.7. The van der Waals surface area contributed by atoms with Gasteiger partial charge in [0.1, 0.15) is 6.17 Å². The molecule has 0 saturated heterocycles. The van der Waals surface area contributed by atoms with E-state index in [1.165, 1.54) is 5.57 Å². The fourth-order valence-corrected chi connectivity index (χ4v) is 5.63. The molecule has 8 atom stereocenters. The Morgan fingerprint density at radius 1 is 1.30 bits per heavy atom. The van der Waals surface area contributed by atoms with E-state index in [2.05, 4.69) is 26.0 Å². The summed E-state index contributed by atoms with van der Waals surface area (Å²) in [6.45, 7) is 4.23. The highest BCUT2D eigenvalue weighted by atomic mass is 19.1. The summed E-state index contributed by atoms with van der Waals surface area (Å²) < 4.78 is 14.3. The Hall–Kier alpha value is -0.970. The summed E-state index contributed by atoms with van der Waals surface area (Å²) >= 11 is 0. The summed E-state index contributed by atoms with van der Waals surface area (Å²) in [6.07, 6.45) is 7.57. The summed E-state index contributed by atoms with van der Waals surface area (Å²) in [7, 11) is 0. The van der Waals surface area contributed by atoms with Gasteiger partial charge in [-0.1, -0.05) is 42.4 Å². The Labute approximate surface area is 136 Å². The lowest BCUT2D eigenvalue weighted by molar-refractivity contribution is 0.0164. The van der Waals surface area contributed by atoms with E-state index in [0.29, 0.717) is 12.8 Å². The minimum Gasteiger partial charge on any atom is -0.392 e. The molecule has 0 aromatic carbocycles. The van der Waals surface area contributed by atoms with Crippen molar-refractivity contribution in [3.8, 4) is 0 Å². The molecule has 0 radical (unpaired) electrons. The predicted octanol–water partition coefficient (Wildman–Crippen LogP) is 2.25. The predicted molar refractivity (Wildman–Crippen MR) is 87.2 cm³/mol. The summed E-state index contributed by atoms with van der Waals surface area (Å²) in [5.74, 6) is 0.0451. The topological polar surface area (TPSA) is 66.5 Å². The first-order valence-electron chi connectivity index (χ1n) is 8.64. The molecular weight excluding hydrogens is 293 g/mol. The molecule has 0 heterocycles. The number of aliphatic hydroxyl groups excluding tert-OH is 2. The maximum Gasteiger partial charge on any atom is 0.116 e. The molecule has 0 aliphatic heterocycles. The van der Waals surface area contributed by atoms with Crippen LogP contribution in [-0.4, -0.2) is 34.6 Å². The monoisotopic (exact) mass is 319 g/mol. The number of halogens is 1. The van der Waals surface area contributed by atoms with E-state index in [1.54, 1.807) is 0 Å². The van der Waals surface area contributed by atoms with Crippen LogP contribution in [0.15, 0.2) is 35.5 Å². The second kappa shape index (κ2) is 4.78. The molecule has 0 aromatic rings. The molecule has 126 valence electrons. The van der Waals surface area contributed by atoms with Gasteiger partial charge in [0, 0.05) is 17.4 Å². The van der Waals surface area contributed by atoms with Gasteiger partial charge in [0.15, 0.2) is 0 Å². The number of rotatable bonds is 0. The van der Waals surface area contributed by atoms with Crippen molar-refractivity contribution < 1.29 is 14.6 Å². The molecule has 2 fully saturated rings. The second-order valence-corrected chi connectivity index (χ2v) is 8.29. The third-order valence-corrected chi connectivity index (χ3v) is 7.14. The van der Waals surface area contributed by atoms with Crippen molar-refractivity contribution in [3.05, 3.63) is 35.5 Å². The van der Waals surface area contributed by atoms with Gasteiger partial charge in [-0.25, -0.2) is 4.39 Å². The maximum atomic E-state index is 14.3. The van der Waals surface area contributed by atoms with Crippen LogP contribution in [0.1, 0.15) is 33.1 Å². The molecule has 0 bridgehead atoms. The number of hydrogen-bond donors (Lipinski definition) is 3. The standard InChI is InChI=1S/C19H26FNO2/c1-18-5-3-11(22)7-10(18)8-15(23)16-12(18)4-6-19(2)13(16)9-14(20)17(19)21/h3-5,7,11,13-17,22-23H,6,8-9,21H2,1-2H3/t11?,13-,14?,15?,16+,17?,18-,19-/m0/s1. The van der Waals surface area contributed by atoms with E-state index < -0.39 is 24.4 Å². The lowest BCUT2D eigenvalue weighted by atomic mass is 9.52. The van der Waals surface area contributed by atoms with Crippen LogP contribution < -0.4 is 5.73 Å². The molecule has 23 heavy (non-hydrogen) atoms. The summed E-state index contributed by atoms with van der Waals surface area (Å²) in [5.41, 5.74) is 7.90. The molecule has 4 heteroatoms. The molecule has 0 aromatic heterocycles. The number of allylic oxidation sites excluding steroid dienone is 2. The average molecular weight is 319 g/mol. The lowest BCUT2D eigenvalue weighted by Crippen LogP contribution is -2.51. The Kier molecular flexibility index (Phi) is 3.23. The van der Waals surface area contributed by atoms with Crippen LogP contribution in [0.25, 0.3) is 0 Å². The summed E-state index contributed by atoms with van der Waals surface area (Å²) in [6, 6.07) is -0.453. The lowest BCUT2D eigenvalue weighted by Gasteiger charge is -2.53. The molecule has 4 unspecified atom stereocenters. The Morgan fingerprint density at radius 2 is 2.04 bits per heavy atom. The van der Waals surface area contributed by atoms with E-state index in [-0.39, 0.29) is 22.7 Å². The van der Waals surface area contributed by atoms with E-state index in [0.717, 1.165) is 12.0 Å². The zero-order valence-corrected chi connectivity index (χ0v) is 13.7. The van der Waals surface area contributed by atoms with E-state index in [4.69, 9.17) is 5.73 Å². The first-order chi connectivity index (χ1) is 10.8. The third-order valence-electron chi connectivity index (χ3n) is 7.14. The molecule has 4 N–H and O–H groups in total. The van der Waals surface area contributed by atoms with Crippen LogP contribution in [-0.2, 0) is 0 Å². The van der Waals surface area contributed by atoms with Crippen molar-refractivity contribution in [1.82, 2.24) is 0 Å². The van der Waals surface area contributed by atoms with Crippen molar-refractivity contribution in [2.24, 2.45) is 28.4 Å². The fraction of sp³-hybridized carbons (Fsp3) is 0.684. The highest BCUT2D eigenvalue weighted by Crippen LogP contribution is 2.62. The van der Waals surface area contributed by atoms with Crippen molar-refractivity contribution in [1.29, 1.82) is 0 Å². The van der Waals surface area contributed by atoms with Gasteiger partial charge in [-0.05, 0) is 37.5 Å². The zero-order valence-electron chi connectivity index (χ0n) is 13.7. The zero-order chi connectivity index (χ0) is 16.6. The fourth-order valence-electron chi connectivity index (χ4n) is 5.63. The number of hydrogen-bond acceptors (Lipinski definition) is 3. The molecular formula is C19H26FNO2. The Bertz CT molecular complexity index is 627. The molecule has 4 rings (SSSR count). The van der Waals surface area contributed by atoms with Crippen LogP contribution in [0.2, 0.25) is 0 Å². The van der Waals surface area contributed by atoms with Crippen molar-refractivity contribution >= 4 is 0 Å². The number of aliphatic hydroxyl groups is 2. The number of nitrogens with two attached hydrogens (primary N) is 1. The van der Waals surface area contributed by atoms with Gasteiger partial charge in [-0.15, -0.1) is 0 Å². The van der Waals surface area contributed by atoms with Crippen molar-refractivity contribution in [2.75, 3.05) is 0 Å². The summed E-state index contributed by atoms with van der Waals surface area (Å²) in [5, 5.41) is 20.7. The second-order valence-electron chi connectivity index (χ2n) is 8.29. The van der Waals surface area contributed by atoms with Crippen molar-refractivity contribution in [3.63, 3.8) is 0 Å². The first kappa shape index (κ1) is 15.6. The van der Waals surface area contributed by atoms with Gasteiger partial charge < -0.3 is 15.9 Å². The van der Waals surface area contributed by atoms with Gasteiger partial charge >= 0.3 is 0 Å². The van der Waals surface area contributed by atoms with Crippen LogP contribution in [0.3, 0.4) is 0 Å². The molecule has 2 saturated carbocycles. The largest absolute Gasteiger partial charge is 0.392 e. The van der Waals surface area contributed by atoms with E-state index >= 15 is 0 Å². The minimum atomic E-state index is -0.988. The SMILES string of the molecule is C[C@]12C=CC(O)C=C1CC(O)[C@@H]1C2=CC[C@]2(C)C(N)C(F)C[C@@H]12. The quantitative estimate of drug-likeness (QED) is 0.600. The third kappa shape index (κ3) is 1.92. The molecule has 4 aliphatic carbocycles. The summed E-state index contributed by atoms with van der Waals surface area (Å²) in [4.78, 5) is 0. The molecule has 0 amide bonds. The van der Waals surface area contributed by atoms with Crippen LogP contribution >= 0.6 is 0 Å². The van der Waals surface area contributed by atoms with E-state index in [9.17, 15) is 14.6 Å². The minimum absolute atomic E-state index is 0.0393. The average Bonchev–Trinajstić information content (AvgIpc) is 2.73. The van der Waals surface area contributed by atoms with Gasteiger partial charge in [-0.2, -0.15) is 0 Å². The van der Waals surface area contributed by atoms with Gasteiger partial charge in [0.2, 0.25) is 0 Å². The molecule has 4 aliphatic rings. The van der Waals surface area contributed by atoms with Gasteiger partial charge in [0.05, 0.1) is 12.2 Å². The van der Waals surface area contributed by atoms with Crippen LogP contribution in [0, 0.1) is 22.7 Å². The van der Waals surface area contributed by atoms with Crippen LogP contribution in [0.4, 0.5) is 4.39 Å². The number of fused-ring (bicyclic) bond motifs is 5. The van der Waals surface area contributed by atoms with Gasteiger partial charge in [-0.3, -0.25) is 0 Å².